The summed E-state index contributed by atoms with van der Waals surface area (Å²) >= 11 is 0. The Kier molecular flexibility index (Phi) is 4.58. The zero-order valence-corrected chi connectivity index (χ0v) is 16.7. The lowest BCUT2D eigenvalue weighted by atomic mass is 9.93. The number of carbonyl (C=O) groups excluding carboxylic acids is 1. The lowest BCUT2D eigenvalue weighted by Gasteiger charge is -2.14. The molecule has 0 N–H and O–H groups in total. The number of hydrogen-bond donors (Lipinski definition) is 0. The molecule has 0 radical (unpaired) electrons. The van der Waals surface area contributed by atoms with E-state index in [0.717, 1.165) is 11.1 Å². The maximum absolute atomic E-state index is 13.0. The molecule has 0 fully saturated rings. The summed E-state index contributed by atoms with van der Waals surface area (Å²) in [4.78, 5) is 25.7. The van der Waals surface area contributed by atoms with E-state index >= 15 is 0 Å². The molecule has 7 heteroatoms. The summed E-state index contributed by atoms with van der Waals surface area (Å²) in [6, 6.07) is 9.93. The van der Waals surface area contributed by atoms with Gasteiger partial charge in [-0.3, -0.25) is 9.48 Å². The number of aryl methyl sites for hydroxylation is 2. The van der Waals surface area contributed by atoms with Crippen LogP contribution in [0.1, 0.15) is 34.3 Å². The van der Waals surface area contributed by atoms with Gasteiger partial charge in [0.2, 0.25) is 0 Å². The summed E-state index contributed by atoms with van der Waals surface area (Å²) in [6.07, 6.45) is 5.09. The third-order valence-corrected chi connectivity index (χ3v) is 5.16. The minimum atomic E-state index is -0.621. The minimum Gasteiger partial charge on any atom is -0.465 e. The molecule has 1 atom stereocenters. The molecule has 4 rings (SSSR count). The number of methoxy groups -OCH3 is 1. The van der Waals surface area contributed by atoms with Crippen LogP contribution < -0.4 is 5.56 Å². The van der Waals surface area contributed by atoms with Crippen LogP contribution in [-0.4, -0.2) is 27.4 Å². The number of fused-ring (bicyclic) bond motifs is 1. The molecule has 1 aromatic carbocycles. The van der Waals surface area contributed by atoms with Crippen LogP contribution in [0.25, 0.3) is 22.3 Å². The SMILES string of the molecule is COC(=O)c1c(-c2cnn(C)c2)oc2c(C(C)c3ccccc3)cn(C)c(=O)c12. The maximum Gasteiger partial charge on any atom is 0.342 e. The Labute approximate surface area is 167 Å². The Balaban J connectivity index is 2.07. The van der Waals surface area contributed by atoms with Gasteiger partial charge in [-0.25, -0.2) is 4.79 Å². The van der Waals surface area contributed by atoms with Gasteiger partial charge in [0, 0.05) is 38.0 Å². The van der Waals surface area contributed by atoms with Gasteiger partial charge >= 0.3 is 5.97 Å². The van der Waals surface area contributed by atoms with E-state index in [2.05, 4.69) is 5.10 Å². The molecule has 0 amide bonds. The van der Waals surface area contributed by atoms with E-state index in [1.807, 2.05) is 37.3 Å². The molecular formula is C22H21N3O4. The monoisotopic (exact) mass is 391 g/mol. The van der Waals surface area contributed by atoms with Crippen molar-refractivity contribution < 1.29 is 13.9 Å². The topological polar surface area (TPSA) is 79.3 Å². The van der Waals surface area contributed by atoms with E-state index < -0.39 is 5.97 Å². The average Bonchev–Trinajstić information content (AvgIpc) is 3.34. The number of furan rings is 1. The van der Waals surface area contributed by atoms with Crippen LogP contribution in [0.4, 0.5) is 0 Å². The van der Waals surface area contributed by atoms with Crippen LogP contribution >= 0.6 is 0 Å². The third-order valence-electron chi connectivity index (χ3n) is 5.16. The fraction of sp³-hybridized carbons (Fsp3) is 0.227. The van der Waals surface area contributed by atoms with Crippen LogP contribution in [0.15, 0.2) is 58.1 Å². The first-order valence-electron chi connectivity index (χ1n) is 9.20. The van der Waals surface area contributed by atoms with Crippen molar-refractivity contribution in [3.63, 3.8) is 0 Å². The Morgan fingerprint density at radius 3 is 2.52 bits per heavy atom. The zero-order chi connectivity index (χ0) is 20.7. The summed E-state index contributed by atoms with van der Waals surface area (Å²) in [5, 5.41) is 4.38. The summed E-state index contributed by atoms with van der Waals surface area (Å²) in [6.45, 7) is 2.04. The predicted octanol–water partition coefficient (Wildman–Crippen LogP) is 3.47. The van der Waals surface area contributed by atoms with Gasteiger partial charge in [0.1, 0.15) is 16.5 Å². The lowest BCUT2D eigenvalue weighted by molar-refractivity contribution is 0.0603. The molecule has 148 valence electrons. The van der Waals surface area contributed by atoms with Gasteiger partial charge in [0.25, 0.3) is 5.56 Å². The molecule has 3 aromatic heterocycles. The Bertz CT molecular complexity index is 1260. The average molecular weight is 391 g/mol. The quantitative estimate of drug-likeness (QED) is 0.498. The number of aromatic nitrogens is 3. The first kappa shape index (κ1) is 18.7. The van der Waals surface area contributed by atoms with Crippen molar-refractivity contribution in [1.82, 2.24) is 14.3 Å². The first-order chi connectivity index (χ1) is 13.9. The van der Waals surface area contributed by atoms with Gasteiger partial charge in [-0.05, 0) is 5.56 Å². The molecule has 29 heavy (non-hydrogen) atoms. The van der Waals surface area contributed by atoms with E-state index in [9.17, 15) is 9.59 Å². The van der Waals surface area contributed by atoms with Gasteiger partial charge < -0.3 is 13.7 Å². The largest absolute Gasteiger partial charge is 0.465 e. The number of hydrogen-bond acceptors (Lipinski definition) is 5. The summed E-state index contributed by atoms with van der Waals surface area (Å²) in [5.74, 6) is -0.391. The van der Waals surface area contributed by atoms with E-state index in [4.69, 9.17) is 9.15 Å². The number of pyridine rings is 1. The second kappa shape index (κ2) is 7.09. The lowest BCUT2D eigenvalue weighted by Crippen LogP contribution is -2.19. The van der Waals surface area contributed by atoms with E-state index in [-0.39, 0.29) is 28.2 Å². The van der Waals surface area contributed by atoms with Gasteiger partial charge in [0.15, 0.2) is 5.76 Å². The molecule has 0 aliphatic rings. The standard InChI is InChI=1S/C22H21N3O4/c1-13(14-8-6-5-7-9-14)16-12-24(2)21(26)17-18(22(27)28-4)19(29-20(16)17)15-10-23-25(3)11-15/h5-13H,1-4H3. The van der Waals surface area contributed by atoms with Crippen LogP contribution in [-0.2, 0) is 18.8 Å². The van der Waals surface area contributed by atoms with Crippen LogP contribution in [0.3, 0.4) is 0 Å². The third kappa shape index (κ3) is 3.04. The molecule has 4 aromatic rings. The molecule has 0 saturated heterocycles. The molecular weight excluding hydrogens is 370 g/mol. The highest BCUT2D eigenvalue weighted by Crippen LogP contribution is 2.37. The van der Waals surface area contributed by atoms with Gasteiger partial charge in [-0.15, -0.1) is 0 Å². The Morgan fingerprint density at radius 1 is 1.17 bits per heavy atom. The Morgan fingerprint density at radius 2 is 1.90 bits per heavy atom. The zero-order valence-electron chi connectivity index (χ0n) is 16.7. The number of nitrogens with zero attached hydrogens (tertiary/aromatic N) is 3. The number of ether oxygens (including phenoxy) is 1. The molecule has 0 saturated carbocycles. The van der Waals surface area contributed by atoms with Crippen molar-refractivity contribution in [2.24, 2.45) is 14.1 Å². The second-order valence-electron chi connectivity index (χ2n) is 7.04. The second-order valence-corrected chi connectivity index (χ2v) is 7.04. The molecule has 0 bridgehead atoms. The van der Waals surface area contributed by atoms with Crippen LogP contribution in [0.2, 0.25) is 0 Å². The molecule has 3 heterocycles. The van der Waals surface area contributed by atoms with E-state index in [1.165, 1.54) is 11.7 Å². The van der Waals surface area contributed by atoms with Gasteiger partial charge in [0.05, 0.1) is 18.9 Å². The Hall–Kier alpha value is -3.61. The number of rotatable bonds is 4. The highest BCUT2D eigenvalue weighted by molar-refractivity contribution is 6.09. The van der Waals surface area contributed by atoms with Crippen molar-refractivity contribution in [3.8, 4) is 11.3 Å². The molecule has 0 aliphatic heterocycles. The number of esters is 1. The van der Waals surface area contributed by atoms with Crippen molar-refractivity contribution in [2.75, 3.05) is 7.11 Å². The summed E-state index contributed by atoms with van der Waals surface area (Å²) < 4.78 is 14.2. The fourth-order valence-electron chi connectivity index (χ4n) is 3.61. The normalized spacial score (nSPS) is 12.3. The van der Waals surface area contributed by atoms with E-state index in [0.29, 0.717) is 11.1 Å². The van der Waals surface area contributed by atoms with Crippen molar-refractivity contribution in [2.45, 2.75) is 12.8 Å². The van der Waals surface area contributed by atoms with Gasteiger partial charge in [-0.2, -0.15) is 5.10 Å². The minimum absolute atomic E-state index is 0.0519. The van der Waals surface area contributed by atoms with Gasteiger partial charge in [-0.1, -0.05) is 37.3 Å². The van der Waals surface area contributed by atoms with Crippen molar-refractivity contribution in [1.29, 1.82) is 0 Å². The molecule has 7 nitrogen and oxygen atoms in total. The highest BCUT2D eigenvalue weighted by Gasteiger charge is 2.29. The predicted molar refractivity (Wildman–Crippen MR) is 109 cm³/mol. The van der Waals surface area contributed by atoms with Crippen molar-refractivity contribution >= 4 is 16.9 Å². The van der Waals surface area contributed by atoms with E-state index in [1.54, 1.807) is 37.4 Å². The maximum atomic E-state index is 13.0. The number of benzene rings is 1. The molecule has 0 spiro atoms. The molecule has 1 unspecified atom stereocenters. The summed E-state index contributed by atoms with van der Waals surface area (Å²) in [5.41, 5.74) is 2.69. The van der Waals surface area contributed by atoms with Crippen molar-refractivity contribution in [3.05, 3.63) is 76.0 Å². The fourth-order valence-corrected chi connectivity index (χ4v) is 3.61. The first-order valence-corrected chi connectivity index (χ1v) is 9.20. The summed E-state index contributed by atoms with van der Waals surface area (Å²) in [7, 11) is 4.72. The number of carbonyl (C=O) groups is 1. The highest BCUT2D eigenvalue weighted by atomic mass is 16.5. The van der Waals surface area contributed by atoms with Crippen LogP contribution in [0, 0.1) is 0 Å². The molecule has 0 aliphatic carbocycles. The van der Waals surface area contributed by atoms with Crippen LogP contribution in [0.5, 0.6) is 0 Å². The smallest absolute Gasteiger partial charge is 0.342 e.